The topological polar surface area (TPSA) is 90.5 Å². The molecule has 0 aromatic heterocycles. The van der Waals surface area contributed by atoms with Gasteiger partial charge in [0.1, 0.15) is 5.75 Å². The molecule has 0 spiro atoms. The largest absolute Gasteiger partial charge is 0.506 e. The minimum absolute atomic E-state index is 0.103. The lowest BCUT2D eigenvalue weighted by Gasteiger charge is -2.10. The molecule has 0 fully saturated rings. The Morgan fingerprint density at radius 2 is 1.67 bits per heavy atom. The van der Waals surface area contributed by atoms with Crippen LogP contribution in [0.2, 0.25) is 0 Å². The van der Waals surface area contributed by atoms with Crippen LogP contribution in [-0.4, -0.2) is 17.4 Å². The van der Waals surface area contributed by atoms with Crippen LogP contribution in [0.1, 0.15) is 15.9 Å². The first-order valence-corrected chi connectivity index (χ1v) is 8.38. The van der Waals surface area contributed by atoms with E-state index in [9.17, 15) is 14.7 Å². The van der Waals surface area contributed by atoms with Gasteiger partial charge in [-0.1, -0.05) is 30.3 Å². The van der Waals surface area contributed by atoms with Gasteiger partial charge >= 0.3 is 0 Å². The van der Waals surface area contributed by atoms with Crippen molar-refractivity contribution in [1.82, 2.24) is 0 Å². The van der Waals surface area contributed by atoms with Crippen molar-refractivity contribution in [3.8, 4) is 5.75 Å². The number of phenolic OH excluding ortho intramolecular Hbond substituents is 1. The summed E-state index contributed by atoms with van der Waals surface area (Å²) in [5, 5.41) is 18.1. The van der Waals surface area contributed by atoms with Crippen LogP contribution >= 0.6 is 0 Å². The SMILES string of the molecule is O=CNc1cc(C(=O)Nc2ccc(CNc3ccccc3)cc2)ccc1O. The van der Waals surface area contributed by atoms with E-state index >= 15 is 0 Å². The minimum atomic E-state index is -0.334. The highest BCUT2D eigenvalue weighted by atomic mass is 16.3. The smallest absolute Gasteiger partial charge is 0.255 e. The third-order valence-electron chi connectivity index (χ3n) is 3.96. The Balaban J connectivity index is 1.61. The molecule has 0 radical (unpaired) electrons. The summed E-state index contributed by atoms with van der Waals surface area (Å²) in [6.45, 7) is 0.678. The summed E-state index contributed by atoms with van der Waals surface area (Å²) in [5.41, 5.74) is 3.29. The van der Waals surface area contributed by atoms with Gasteiger partial charge in [0.15, 0.2) is 0 Å². The number of aromatic hydroxyl groups is 1. The van der Waals surface area contributed by atoms with Crippen LogP contribution < -0.4 is 16.0 Å². The van der Waals surface area contributed by atoms with E-state index in [1.807, 2.05) is 54.6 Å². The lowest BCUT2D eigenvalue weighted by Crippen LogP contribution is -2.12. The predicted molar refractivity (Wildman–Crippen MR) is 106 cm³/mol. The molecule has 6 nitrogen and oxygen atoms in total. The van der Waals surface area contributed by atoms with Crippen LogP contribution in [0.4, 0.5) is 17.1 Å². The maximum absolute atomic E-state index is 12.4. The third-order valence-corrected chi connectivity index (χ3v) is 3.96. The summed E-state index contributed by atoms with van der Waals surface area (Å²) < 4.78 is 0. The molecule has 27 heavy (non-hydrogen) atoms. The summed E-state index contributed by atoms with van der Waals surface area (Å²) in [6.07, 6.45) is 0.443. The maximum atomic E-state index is 12.4. The molecule has 0 heterocycles. The highest BCUT2D eigenvalue weighted by Crippen LogP contribution is 2.24. The van der Waals surface area contributed by atoms with E-state index in [1.165, 1.54) is 18.2 Å². The average Bonchev–Trinajstić information content (AvgIpc) is 2.70. The number of hydrogen-bond acceptors (Lipinski definition) is 4. The van der Waals surface area contributed by atoms with Crippen LogP contribution in [0, 0.1) is 0 Å². The van der Waals surface area contributed by atoms with E-state index in [0.717, 1.165) is 11.3 Å². The first-order chi connectivity index (χ1) is 13.2. The number of para-hydroxylation sites is 1. The Labute approximate surface area is 156 Å². The second kappa shape index (κ2) is 8.53. The Hall–Kier alpha value is -3.80. The van der Waals surface area contributed by atoms with Crippen LogP contribution in [0.3, 0.4) is 0 Å². The van der Waals surface area contributed by atoms with Crippen LogP contribution in [-0.2, 0) is 11.3 Å². The molecule has 3 aromatic carbocycles. The van der Waals surface area contributed by atoms with Crippen molar-refractivity contribution < 1.29 is 14.7 Å². The second-order valence-electron chi connectivity index (χ2n) is 5.86. The van der Waals surface area contributed by atoms with E-state index in [1.54, 1.807) is 0 Å². The van der Waals surface area contributed by atoms with Gasteiger partial charge in [-0.3, -0.25) is 9.59 Å². The third kappa shape index (κ3) is 4.85. The van der Waals surface area contributed by atoms with Gasteiger partial charge in [0.05, 0.1) is 5.69 Å². The summed E-state index contributed by atoms with van der Waals surface area (Å²) in [7, 11) is 0. The molecule has 2 amide bonds. The summed E-state index contributed by atoms with van der Waals surface area (Å²) >= 11 is 0. The molecule has 4 N–H and O–H groups in total. The lowest BCUT2D eigenvalue weighted by molar-refractivity contribution is -0.105. The zero-order valence-electron chi connectivity index (χ0n) is 14.5. The molecule has 0 bridgehead atoms. The van der Waals surface area contributed by atoms with Crippen molar-refractivity contribution in [1.29, 1.82) is 0 Å². The Morgan fingerprint density at radius 1 is 0.926 bits per heavy atom. The highest BCUT2D eigenvalue weighted by Gasteiger charge is 2.09. The Kier molecular flexibility index (Phi) is 5.69. The standard InChI is InChI=1S/C21H19N3O3/c25-14-23-19-12-16(8-11-20(19)26)21(27)24-18-9-6-15(7-10-18)13-22-17-4-2-1-3-5-17/h1-12,14,22,26H,13H2,(H,23,25)(H,24,27). The molecule has 0 saturated carbocycles. The molecule has 0 aliphatic rings. The zero-order chi connectivity index (χ0) is 19.1. The maximum Gasteiger partial charge on any atom is 0.255 e. The molecule has 136 valence electrons. The highest BCUT2D eigenvalue weighted by molar-refractivity contribution is 6.05. The molecular formula is C21H19N3O3. The monoisotopic (exact) mass is 361 g/mol. The molecule has 6 heteroatoms. The first kappa shape index (κ1) is 18.0. The van der Waals surface area contributed by atoms with E-state index < -0.39 is 0 Å². The van der Waals surface area contributed by atoms with Gasteiger partial charge in [-0.2, -0.15) is 0 Å². The van der Waals surface area contributed by atoms with Gasteiger partial charge in [-0.05, 0) is 48.0 Å². The number of amides is 2. The first-order valence-electron chi connectivity index (χ1n) is 8.38. The van der Waals surface area contributed by atoms with Crippen LogP contribution in [0.25, 0.3) is 0 Å². The van der Waals surface area contributed by atoms with E-state index in [2.05, 4.69) is 16.0 Å². The van der Waals surface area contributed by atoms with Crippen molar-refractivity contribution in [2.75, 3.05) is 16.0 Å². The molecule has 0 aliphatic carbocycles. The van der Waals surface area contributed by atoms with Crippen molar-refractivity contribution >= 4 is 29.4 Å². The number of carbonyl (C=O) groups is 2. The molecule has 0 saturated heterocycles. The molecule has 0 unspecified atom stereocenters. The summed E-state index contributed by atoms with van der Waals surface area (Å²) in [5.74, 6) is -0.437. The quantitative estimate of drug-likeness (QED) is 0.380. The molecule has 0 atom stereocenters. The van der Waals surface area contributed by atoms with Crippen LogP contribution in [0.15, 0.2) is 72.8 Å². The summed E-state index contributed by atoms with van der Waals surface area (Å²) in [4.78, 5) is 22.9. The van der Waals surface area contributed by atoms with E-state index in [4.69, 9.17) is 0 Å². The number of phenols is 1. The van der Waals surface area contributed by atoms with Crippen molar-refractivity contribution in [2.24, 2.45) is 0 Å². The summed E-state index contributed by atoms with van der Waals surface area (Å²) in [6, 6.07) is 21.7. The fourth-order valence-corrected chi connectivity index (χ4v) is 2.53. The van der Waals surface area contributed by atoms with E-state index in [0.29, 0.717) is 24.2 Å². The number of rotatable bonds is 7. The van der Waals surface area contributed by atoms with Gasteiger partial charge in [0, 0.05) is 23.5 Å². The van der Waals surface area contributed by atoms with Gasteiger partial charge in [0.25, 0.3) is 5.91 Å². The number of anilines is 3. The molecule has 3 aromatic rings. The van der Waals surface area contributed by atoms with Crippen molar-refractivity contribution in [3.63, 3.8) is 0 Å². The van der Waals surface area contributed by atoms with Crippen LogP contribution in [0.5, 0.6) is 5.75 Å². The fraction of sp³-hybridized carbons (Fsp3) is 0.0476. The normalized spacial score (nSPS) is 10.1. The second-order valence-corrected chi connectivity index (χ2v) is 5.86. The van der Waals surface area contributed by atoms with Crippen molar-refractivity contribution in [3.05, 3.63) is 83.9 Å². The minimum Gasteiger partial charge on any atom is -0.506 e. The number of carbonyl (C=O) groups excluding carboxylic acids is 2. The van der Waals surface area contributed by atoms with Gasteiger partial charge in [-0.25, -0.2) is 0 Å². The molecule has 0 aliphatic heterocycles. The number of benzene rings is 3. The lowest BCUT2D eigenvalue weighted by atomic mass is 10.1. The number of nitrogens with one attached hydrogen (secondary N) is 3. The molecular weight excluding hydrogens is 342 g/mol. The fourth-order valence-electron chi connectivity index (χ4n) is 2.53. The van der Waals surface area contributed by atoms with Gasteiger partial charge in [0.2, 0.25) is 6.41 Å². The van der Waals surface area contributed by atoms with Gasteiger partial charge in [-0.15, -0.1) is 0 Å². The predicted octanol–water partition coefficient (Wildman–Crippen LogP) is 3.82. The zero-order valence-corrected chi connectivity index (χ0v) is 14.5. The number of hydrogen-bond donors (Lipinski definition) is 4. The Bertz CT molecular complexity index is 925. The van der Waals surface area contributed by atoms with E-state index in [-0.39, 0.29) is 17.3 Å². The van der Waals surface area contributed by atoms with Gasteiger partial charge < -0.3 is 21.1 Å². The molecule has 3 rings (SSSR count). The Morgan fingerprint density at radius 3 is 2.37 bits per heavy atom. The van der Waals surface area contributed by atoms with Crippen molar-refractivity contribution in [2.45, 2.75) is 6.54 Å². The average molecular weight is 361 g/mol.